The first-order chi connectivity index (χ1) is 14.7. The number of para-hydroxylation sites is 1. The highest BCUT2D eigenvalue weighted by atomic mass is 35.5. The SMILES string of the molecule is COc1cccc2c1-c1ccc(-c3ccccc3N)cc1C(c1cccc(Cl)c1)O2. The van der Waals surface area contributed by atoms with Crippen LogP contribution in [0.25, 0.3) is 22.3 Å². The average molecular weight is 414 g/mol. The summed E-state index contributed by atoms with van der Waals surface area (Å²) in [5, 5.41) is 0.678. The van der Waals surface area contributed by atoms with Crippen LogP contribution in [-0.2, 0) is 0 Å². The number of methoxy groups -OCH3 is 1. The van der Waals surface area contributed by atoms with Crippen molar-refractivity contribution in [2.45, 2.75) is 6.10 Å². The summed E-state index contributed by atoms with van der Waals surface area (Å²) < 4.78 is 12.1. The van der Waals surface area contributed by atoms with Crippen molar-refractivity contribution in [3.8, 4) is 33.8 Å². The number of fused-ring (bicyclic) bond motifs is 3. The molecule has 30 heavy (non-hydrogen) atoms. The second-order valence-electron chi connectivity index (χ2n) is 7.28. The second-order valence-corrected chi connectivity index (χ2v) is 7.71. The largest absolute Gasteiger partial charge is 0.496 e. The van der Waals surface area contributed by atoms with Crippen LogP contribution in [0.4, 0.5) is 5.69 Å². The number of halogens is 1. The molecule has 5 rings (SSSR count). The minimum absolute atomic E-state index is 0.289. The molecule has 4 aromatic rings. The van der Waals surface area contributed by atoms with E-state index in [0.717, 1.165) is 50.6 Å². The van der Waals surface area contributed by atoms with Crippen molar-refractivity contribution in [1.29, 1.82) is 0 Å². The molecule has 0 saturated heterocycles. The van der Waals surface area contributed by atoms with Crippen LogP contribution in [0.3, 0.4) is 0 Å². The Balaban J connectivity index is 1.76. The van der Waals surface area contributed by atoms with Crippen LogP contribution in [0.5, 0.6) is 11.5 Å². The molecule has 0 aromatic heterocycles. The van der Waals surface area contributed by atoms with E-state index in [1.807, 2.05) is 66.7 Å². The Morgan fingerprint density at radius 2 is 1.70 bits per heavy atom. The Morgan fingerprint density at radius 1 is 0.867 bits per heavy atom. The number of rotatable bonds is 3. The van der Waals surface area contributed by atoms with Gasteiger partial charge in [0.15, 0.2) is 0 Å². The molecule has 0 bridgehead atoms. The predicted octanol–water partition coefficient (Wildman–Crippen LogP) is 6.75. The molecule has 0 spiro atoms. The fourth-order valence-electron chi connectivity index (χ4n) is 4.09. The zero-order valence-corrected chi connectivity index (χ0v) is 17.2. The molecular weight excluding hydrogens is 394 g/mol. The van der Waals surface area contributed by atoms with E-state index in [-0.39, 0.29) is 6.10 Å². The van der Waals surface area contributed by atoms with Crippen molar-refractivity contribution in [2.24, 2.45) is 0 Å². The highest BCUT2D eigenvalue weighted by Gasteiger charge is 2.30. The van der Waals surface area contributed by atoms with Crippen LogP contribution in [0.1, 0.15) is 17.2 Å². The molecule has 0 saturated carbocycles. The highest BCUT2D eigenvalue weighted by Crippen LogP contribution is 2.50. The second kappa shape index (κ2) is 7.43. The normalized spacial score (nSPS) is 14.4. The standard InChI is InChI=1S/C26H20ClNO2/c1-29-23-10-5-11-24-25(23)20-13-12-16(19-8-2-3-9-22(19)28)15-21(20)26(30-24)17-6-4-7-18(27)14-17/h2-15,26H,28H2,1H3. The molecule has 0 fully saturated rings. The maximum absolute atomic E-state index is 6.49. The molecule has 1 unspecified atom stereocenters. The number of nitrogens with two attached hydrogens (primary N) is 1. The number of anilines is 1. The first-order valence-electron chi connectivity index (χ1n) is 9.74. The third-order valence-corrected chi connectivity index (χ3v) is 5.71. The Hall–Kier alpha value is -3.43. The Kier molecular flexibility index (Phi) is 4.61. The summed E-state index contributed by atoms with van der Waals surface area (Å²) in [4.78, 5) is 0. The minimum atomic E-state index is -0.289. The Labute approximate surface area is 180 Å². The topological polar surface area (TPSA) is 44.5 Å². The Bertz CT molecular complexity index is 1250. The van der Waals surface area contributed by atoms with Gasteiger partial charge in [0, 0.05) is 21.8 Å². The Morgan fingerprint density at radius 3 is 2.50 bits per heavy atom. The van der Waals surface area contributed by atoms with Gasteiger partial charge in [0.05, 0.1) is 12.7 Å². The molecule has 1 aliphatic rings. The van der Waals surface area contributed by atoms with Gasteiger partial charge in [-0.15, -0.1) is 0 Å². The molecular formula is C26H20ClNO2. The van der Waals surface area contributed by atoms with Gasteiger partial charge in [-0.3, -0.25) is 0 Å². The van der Waals surface area contributed by atoms with Gasteiger partial charge in [0.25, 0.3) is 0 Å². The molecule has 0 aliphatic carbocycles. The van der Waals surface area contributed by atoms with Crippen LogP contribution < -0.4 is 15.2 Å². The van der Waals surface area contributed by atoms with Gasteiger partial charge in [0.2, 0.25) is 0 Å². The summed E-state index contributed by atoms with van der Waals surface area (Å²) in [5.41, 5.74) is 13.1. The molecule has 1 atom stereocenters. The minimum Gasteiger partial charge on any atom is -0.496 e. The third kappa shape index (κ3) is 3.08. The number of benzene rings is 4. The number of hydrogen-bond donors (Lipinski definition) is 1. The van der Waals surface area contributed by atoms with Crippen molar-refractivity contribution in [2.75, 3.05) is 12.8 Å². The van der Waals surface area contributed by atoms with Gasteiger partial charge in [-0.25, -0.2) is 0 Å². The van der Waals surface area contributed by atoms with Crippen LogP contribution in [0, 0.1) is 0 Å². The number of nitrogen functional groups attached to an aromatic ring is 1. The van der Waals surface area contributed by atoms with Crippen molar-refractivity contribution in [1.82, 2.24) is 0 Å². The summed E-state index contributed by atoms with van der Waals surface area (Å²) in [6, 6.07) is 27.9. The zero-order chi connectivity index (χ0) is 20.7. The van der Waals surface area contributed by atoms with Crippen LogP contribution in [0.2, 0.25) is 5.02 Å². The predicted molar refractivity (Wildman–Crippen MR) is 122 cm³/mol. The lowest BCUT2D eigenvalue weighted by Gasteiger charge is -2.30. The fourth-order valence-corrected chi connectivity index (χ4v) is 4.29. The number of hydrogen-bond acceptors (Lipinski definition) is 3. The lowest BCUT2D eigenvalue weighted by atomic mass is 9.86. The molecule has 0 amide bonds. The smallest absolute Gasteiger partial charge is 0.150 e. The summed E-state index contributed by atoms with van der Waals surface area (Å²) in [5.74, 6) is 1.57. The van der Waals surface area contributed by atoms with E-state index in [0.29, 0.717) is 5.02 Å². The third-order valence-electron chi connectivity index (χ3n) is 5.48. The summed E-state index contributed by atoms with van der Waals surface area (Å²) >= 11 is 6.29. The van der Waals surface area contributed by atoms with E-state index in [2.05, 4.69) is 18.2 Å². The molecule has 4 aromatic carbocycles. The molecule has 1 aliphatic heterocycles. The van der Waals surface area contributed by atoms with E-state index >= 15 is 0 Å². The fraction of sp³-hybridized carbons (Fsp3) is 0.0769. The van der Waals surface area contributed by atoms with E-state index in [4.69, 9.17) is 26.8 Å². The molecule has 2 N–H and O–H groups in total. The van der Waals surface area contributed by atoms with E-state index in [1.165, 1.54) is 0 Å². The van der Waals surface area contributed by atoms with Crippen LogP contribution >= 0.6 is 11.6 Å². The first-order valence-corrected chi connectivity index (χ1v) is 10.1. The lowest BCUT2D eigenvalue weighted by Crippen LogP contribution is -2.16. The van der Waals surface area contributed by atoms with Gasteiger partial charge in [-0.05, 0) is 53.1 Å². The highest BCUT2D eigenvalue weighted by molar-refractivity contribution is 6.30. The average Bonchev–Trinajstić information content (AvgIpc) is 2.78. The molecule has 3 nitrogen and oxygen atoms in total. The van der Waals surface area contributed by atoms with E-state index in [1.54, 1.807) is 7.11 Å². The first kappa shape index (κ1) is 18.6. The van der Waals surface area contributed by atoms with Gasteiger partial charge >= 0.3 is 0 Å². The van der Waals surface area contributed by atoms with Crippen LogP contribution in [0.15, 0.2) is 84.9 Å². The summed E-state index contributed by atoms with van der Waals surface area (Å²) in [7, 11) is 1.68. The summed E-state index contributed by atoms with van der Waals surface area (Å²) in [6.45, 7) is 0. The summed E-state index contributed by atoms with van der Waals surface area (Å²) in [6.07, 6.45) is -0.289. The van der Waals surface area contributed by atoms with Crippen molar-refractivity contribution in [3.05, 3.63) is 101 Å². The lowest BCUT2D eigenvalue weighted by molar-refractivity contribution is 0.242. The quantitative estimate of drug-likeness (QED) is 0.378. The zero-order valence-electron chi connectivity index (χ0n) is 16.4. The van der Waals surface area contributed by atoms with Gasteiger partial charge in [0.1, 0.15) is 17.6 Å². The molecule has 4 heteroatoms. The maximum atomic E-state index is 6.49. The van der Waals surface area contributed by atoms with Crippen molar-refractivity contribution in [3.63, 3.8) is 0 Å². The maximum Gasteiger partial charge on any atom is 0.150 e. The number of ether oxygens (including phenoxy) is 2. The van der Waals surface area contributed by atoms with Gasteiger partial charge in [-0.2, -0.15) is 0 Å². The molecule has 148 valence electrons. The van der Waals surface area contributed by atoms with E-state index in [9.17, 15) is 0 Å². The van der Waals surface area contributed by atoms with Gasteiger partial charge < -0.3 is 15.2 Å². The van der Waals surface area contributed by atoms with Crippen molar-refractivity contribution < 1.29 is 9.47 Å². The van der Waals surface area contributed by atoms with E-state index < -0.39 is 0 Å². The van der Waals surface area contributed by atoms with Gasteiger partial charge in [-0.1, -0.05) is 60.1 Å². The van der Waals surface area contributed by atoms with Crippen molar-refractivity contribution >= 4 is 17.3 Å². The molecule has 1 heterocycles. The monoisotopic (exact) mass is 413 g/mol. The molecule has 0 radical (unpaired) electrons. The van der Waals surface area contributed by atoms with Crippen LogP contribution in [-0.4, -0.2) is 7.11 Å².